The highest BCUT2D eigenvalue weighted by molar-refractivity contribution is 9.10. The van der Waals surface area contributed by atoms with Crippen LogP contribution in [0, 0.1) is 0 Å². The molecular weight excluding hydrogens is 542 g/mol. The molecule has 0 aliphatic carbocycles. The number of hydrogen-bond donors (Lipinski definition) is 1. The minimum atomic E-state index is -3.67. The lowest BCUT2D eigenvalue weighted by Gasteiger charge is -2.30. The van der Waals surface area contributed by atoms with Crippen LogP contribution in [-0.2, 0) is 26.2 Å². The van der Waals surface area contributed by atoms with Gasteiger partial charge in [0.05, 0.1) is 10.6 Å². The van der Waals surface area contributed by atoms with Gasteiger partial charge in [0.1, 0.15) is 6.04 Å². The van der Waals surface area contributed by atoms with Gasteiger partial charge in [0.15, 0.2) is 0 Å². The van der Waals surface area contributed by atoms with Crippen molar-refractivity contribution in [1.82, 2.24) is 10.2 Å². The SMILES string of the molecule is CC(C)NC(=O)C(C)N(Cc1cccc(Br)c1)C(=O)CCCN1c2cccc3cccc(c23)S1(=O)=O. The van der Waals surface area contributed by atoms with Gasteiger partial charge in [-0.15, -0.1) is 0 Å². The number of halogens is 1. The van der Waals surface area contributed by atoms with Gasteiger partial charge in [0, 0.05) is 35.4 Å². The van der Waals surface area contributed by atoms with E-state index in [4.69, 9.17) is 0 Å². The molecule has 3 aromatic carbocycles. The van der Waals surface area contributed by atoms with Crippen LogP contribution in [-0.4, -0.2) is 43.8 Å². The lowest BCUT2D eigenvalue weighted by molar-refractivity contribution is -0.140. The number of anilines is 1. The number of rotatable bonds is 9. The van der Waals surface area contributed by atoms with E-state index in [1.54, 1.807) is 30.0 Å². The summed E-state index contributed by atoms with van der Waals surface area (Å²) in [7, 11) is -3.67. The topological polar surface area (TPSA) is 86.8 Å². The Balaban J connectivity index is 1.50. The van der Waals surface area contributed by atoms with E-state index < -0.39 is 16.1 Å². The Morgan fingerprint density at radius 3 is 2.42 bits per heavy atom. The minimum Gasteiger partial charge on any atom is -0.352 e. The molecule has 0 aromatic heterocycles. The molecule has 7 nitrogen and oxygen atoms in total. The van der Waals surface area contributed by atoms with E-state index in [-0.39, 0.29) is 37.4 Å². The Hall–Kier alpha value is -2.91. The Bertz CT molecular complexity index is 1400. The Kier molecular flexibility index (Phi) is 7.70. The van der Waals surface area contributed by atoms with Crippen molar-refractivity contribution >= 4 is 54.2 Å². The van der Waals surface area contributed by atoms with Crippen LogP contribution >= 0.6 is 15.9 Å². The van der Waals surface area contributed by atoms with E-state index in [9.17, 15) is 18.0 Å². The molecule has 1 aliphatic rings. The van der Waals surface area contributed by atoms with Crippen molar-refractivity contribution in [3.63, 3.8) is 0 Å². The number of carbonyl (C=O) groups is 2. The van der Waals surface area contributed by atoms with Gasteiger partial charge < -0.3 is 10.2 Å². The third-order valence-corrected chi connectivity index (χ3v) is 8.62. The number of benzene rings is 3. The van der Waals surface area contributed by atoms with Gasteiger partial charge in [-0.05, 0) is 62.4 Å². The summed E-state index contributed by atoms with van der Waals surface area (Å²) in [4.78, 5) is 28.0. The average molecular weight is 573 g/mol. The monoisotopic (exact) mass is 571 g/mol. The van der Waals surface area contributed by atoms with Crippen molar-refractivity contribution < 1.29 is 18.0 Å². The molecule has 0 saturated heterocycles. The number of sulfonamides is 1. The van der Waals surface area contributed by atoms with Gasteiger partial charge in [0.2, 0.25) is 11.8 Å². The lowest BCUT2D eigenvalue weighted by atomic mass is 10.1. The second kappa shape index (κ2) is 10.6. The van der Waals surface area contributed by atoms with Gasteiger partial charge in [-0.2, -0.15) is 0 Å². The maximum atomic E-state index is 13.4. The second-order valence-corrected chi connectivity index (χ2v) is 12.0. The van der Waals surface area contributed by atoms with Crippen molar-refractivity contribution in [1.29, 1.82) is 0 Å². The van der Waals surface area contributed by atoms with Crippen LogP contribution < -0.4 is 9.62 Å². The molecule has 0 bridgehead atoms. The van der Waals surface area contributed by atoms with Crippen LogP contribution in [0.3, 0.4) is 0 Å². The van der Waals surface area contributed by atoms with Crippen molar-refractivity contribution in [2.45, 2.75) is 57.1 Å². The van der Waals surface area contributed by atoms with Gasteiger partial charge in [-0.1, -0.05) is 52.3 Å². The number of nitrogens with one attached hydrogen (secondary N) is 1. The van der Waals surface area contributed by atoms with Crippen molar-refractivity contribution in [2.24, 2.45) is 0 Å². The number of carbonyl (C=O) groups excluding carboxylic acids is 2. The molecule has 36 heavy (non-hydrogen) atoms. The molecule has 2 amide bonds. The first-order valence-electron chi connectivity index (χ1n) is 12.0. The molecule has 9 heteroatoms. The normalized spacial score (nSPS) is 14.8. The van der Waals surface area contributed by atoms with Crippen LogP contribution in [0.5, 0.6) is 0 Å². The predicted molar refractivity (Wildman–Crippen MR) is 145 cm³/mol. The largest absolute Gasteiger partial charge is 0.352 e. The molecule has 0 radical (unpaired) electrons. The molecule has 0 fully saturated rings. The molecule has 1 aliphatic heterocycles. The zero-order valence-electron chi connectivity index (χ0n) is 20.6. The quantitative estimate of drug-likeness (QED) is 0.398. The van der Waals surface area contributed by atoms with E-state index in [1.165, 1.54) is 4.31 Å². The zero-order chi connectivity index (χ0) is 26.0. The predicted octanol–water partition coefficient (Wildman–Crippen LogP) is 4.83. The first-order chi connectivity index (χ1) is 17.1. The maximum absolute atomic E-state index is 13.4. The summed E-state index contributed by atoms with van der Waals surface area (Å²) in [5.41, 5.74) is 1.54. The molecule has 0 spiro atoms. The van der Waals surface area contributed by atoms with Gasteiger partial charge >= 0.3 is 0 Å². The maximum Gasteiger partial charge on any atom is 0.265 e. The van der Waals surface area contributed by atoms with E-state index in [2.05, 4.69) is 21.2 Å². The highest BCUT2D eigenvalue weighted by atomic mass is 79.9. The average Bonchev–Trinajstić information content (AvgIpc) is 3.05. The first kappa shape index (κ1) is 26.2. The standard InChI is InChI=1S/C27H30BrN3O4S/c1-18(2)29-27(33)19(3)30(17-20-8-4-11-22(28)16-20)25(32)14-7-15-31-23-12-5-9-21-10-6-13-24(26(21)23)36(31,34)35/h4-6,8-13,16,18-19H,7,14-15,17H2,1-3H3,(H,29,33). The molecule has 4 rings (SSSR count). The van der Waals surface area contributed by atoms with Crippen LogP contribution in [0.1, 0.15) is 39.2 Å². The summed E-state index contributed by atoms with van der Waals surface area (Å²) >= 11 is 3.46. The van der Waals surface area contributed by atoms with E-state index in [0.717, 1.165) is 20.8 Å². The highest BCUT2D eigenvalue weighted by Gasteiger charge is 2.35. The van der Waals surface area contributed by atoms with Crippen LogP contribution in [0.4, 0.5) is 5.69 Å². The van der Waals surface area contributed by atoms with Crippen molar-refractivity contribution in [3.05, 3.63) is 70.7 Å². The number of nitrogens with zero attached hydrogens (tertiary/aromatic N) is 2. The van der Waals surface area contributed by atoms with Gasteiger partial charge in [-0.3, -0.25) is 13.9 Å². The van der Waals surface area contributed by atoms with E-state index in [1.807, 2.05) is 56.3 Å². The number of hydrogen-bond acceptors (Lipinski definition) is 4. The Morgan fingerprint density at radius 1 is 1.03 bits per heavy atom. The van der Waals surface area contributed by atoms with Crippen LogP contribution in [0.25, 0.3) is 10.8 Å². The molecule has 1 N–H and O–H groups in total. The fraction of sp³-hybridized carbons (Fsp3) is 0.333. The molecule has 190 valence electrons. The van der Waals surface area contributed by atoms with Crippen LogP contribution in [0.15, 0.2) is 70.0 Å². The van der Waals surface area contributed by atoms with E-state index in [0.29, 0.717) is 17.0 Å². The smallest absolute Gasteiger partial charge is 0.265 e. The highest BCUT2D eigenvalue weighted by Crippen LogP contribution is 2.42. The molecule has 1 unspecified atom stereocenters. The summed E-state index contributed by atoms with van der Waals surface area (Å²) in [6.45, 7) is 5.92. The summed E-state index contributed by atoms with van der Waals surface area (Å²) in [6, 6.07) is 17.7. The fourth-order valence-corrected chi connectivity index (χ4v) is 6.73. The van der Waals surface area contributed by atoms with Crippen molar-refractivity contribution in [3.8, 4) is 0 Å². The third-order valence-electron chi connectivity index (χ3n) is 6.27. The second-order valence-electron chi connectivity index (χ2n) is 9.30. The van der Waals surface area contributed by atoms with Crippen molar-refractivity contribution in [2.75, 3.05) is 10.8 Å². The fourth-order valence-electron chi connectivity index (χ4n) is 4.54. The molecule has 1 heterocycles. The molecule has 0 saturated carbocycles. The summed E-state index contributed by atoms with van der Waals surface area (Å²) in [5.74, 6) is -0.425. The van der Waals surface area contributed by atoms with Crippen LogP contribution in [0.2, 0.25) is 0 Å². The first-order valence-corrected chi connectivity index (χ1v) is 14.2. The zero-order valence-corrected chi connectivity index (χ0v) is 23.0. The minimum absolute atomic E-state index is 0.0486. The Morgan fingerprint density at radius 2 is 1.72 bits per heavy atom. The van der Waals surface area contributed by atoms with Gasteiger partial charge in [0.25, 0.3) is 10.0 Å². The summed E-state index contributed by atoms with van der Waals surface area (Å²) in [6.07, 6.45) is 0.446. The van der Waals surface area contributed by atoms with E-state index >= 15 is 0 Å². The van der Waals surface area contributed by atoms with Gasteiger partial charge in [-0.25, -0.2) is 8.42 Å². The third kappa shape index (κ3) is 5.27. The number of amides is 2. The Labute approximate surface area is 220 Å². The summed E-state index contributed by atoms with van der Waals surface area (Å²) in [5, 5.41) is 4.47. The summed E-state index contributed by atoms with van der Waals surface area (Å²) < 4.78 is 28.7. The lowest BCUT2D eigenvalue weighted by Crippen LogP contribution is -2.49. The molecule has 1 atom stereocenters. The molecular formula is C27H30BrN3O4S. The molecule has 3 aromatic rings.